The molecule has 0 unspecified atom stereocenters. The zero-order chi connectivity index (χ0) is 29.4. The molecule has 9 heteroatoms. The lowest BCUT2D eigenvalue weighted by atomic mass is 10.1. The van der Waals surface area contributed by atoms with Gasteiger partial charge < -0.3 is 10.2 Å². The third-order valence-corrected chi connectivity index (χ3v) is 9.63. The number of rotatable bonds is 12. The molecule has 41 heavy (non-hydrogen) atoms. The summed E-state index contributed by atoms with van der Waals surface area (Å²) < 4.78 is 29.1. The molecule has 7 nitrogen and oxygen atoms in total. The van der Waals surface area contributed by atoms with E-state index < -0.39 is 28.5 Å². The van der Waals surface area contributed by atoms with Gasteiger partial charge in [0, 0.05) is 17.6 Å². The quantitative estimate of drug-likeness (QED) is 0.289. The normalized spacial score (nSPS) is 14.4. The average Bonchev–Trinajstić information content (AvgIpc) is 3.49. The average molecular weight is 596 g/mol. The number of halogens is 1. The van der Waals surface area contributed by atoms with Gasteiger partial charge in [0.2, 0.25) is 11.8 Å². The van der Waals surface area contributed by atoms with Crippen LogP contribution in [0.3, 0.4) is 0 Å². The van der Waals surface area contributed by atoms with Crippen molar-refractivity contribution in [3.8, 4) is 0 Å². The molecule has 0 radical (unpaired) electrons. The van der Waals surface area contributed by atoms with Gasteiger partial charge in [-0.25, -0.2) is 8.42 Å². The predicted octanol–water partition coefficient (Wildman–Crippen LogP) is 5.75. The number of aryl methyl sites for hydroxylation is 1. The fourth-order valence-electron chi connectivity index (χ4n) is 5.35. The molecule has 1 aliphatic rings. The number of nitrogens with zero attached hydrogens (tertiary/aromatic N) is 2. The van der Waals surface area contributed by atoms with Crippen molar-refractivity contribution in [2.75, 3.05) is 17.4 Å². The number of sulfonamides is 1. The van der Waals surface area contributed by atoms with Crippen molar-refractivity contribution in [2.24, 2.45) is 0 Å². The summed E-state index contributed by atoms with van der Waals surface area (Å²) in [4.78, 5) is 29.3. The van der Waals surface area contributed by atoms with Crippen molar-refractivity contribution in [2.45, 2.75) is 69.4 Å². The maximum Gasteiger partial charge on any atom is 0.264 e. The Hall–Kier alpha value is -3.36. The lowest BCUT2D eigenvalue weighted by Gasteiger charge is -2.34. The Morgan fingerprint density at radius 3 is 2.24 bits per heavy atom. The van der Waals surface area contributed by atoms with E-state index in [2.05, 4.69) is 5.32 Å². The number of nitrogens with one attached hydrogen (secondary N) is 1. The van der Waals surface area contributed by atoms with E-state index in [1.807, 2.05) is 37.3 Å². The van der Waals surface area contributed by atoms with Crippen molar-refractivity contribution in [1.29, 1.82) is 0 Å². The summed E-state index contributed by atoms with van der Waals surface area (Å²) in [6.07, 6.45) is 4.93. The van der Waals surface area contributed by atoms with Crippen LogP contribution in [0.1, 0.15) is 50.2 Å². The molecule has 1 N–H and O–H groups in total. The second-order valence-corrected chi connectivity index (χ2v) is 12.8. The number of benzene rings is 3. The van der Waals surface area contributed by atoms with E-state index in [-0.39, 0.29) is 23.4 Å². The van der Waals surface area contributed by atoms with Crippen LogP contribution >= 0.6 is 11.6 Å². The van der Waals surface area contributed by atoms with E-state index in [9.17, 15) is 18.0 Å². The molecule has 3 aromatic rings. The van der Waals surface area contributed by atoms with Crippen LogP contribution < -0.4 is 9.62 Å². The summed E-state index contributed by atoms with van der Waals surface area (Å²) in [5.74, 6) is -0.648. The van der Waals surface area contributed by atoms with E-state index in [0.717, 1.165) is 35.6 Å². The zero-order valence-electron chi connectivity index (χ0n) is 23.6. The highest BCUT2D eigenvalue weighted by molar-refractivity contribution is 7.92. The van der Waals surface area contributed by atoms with Crippen LogP contribution in [0.2, 0.25) is 5.02 Å². The van der Waals surface area contributed by atoms with Gasteiger partial charge in [-0.2, -0.15) is 0 Å². The van der Waals surface area contributed by atoms with Gasteiger partial charge in [-0.05, 0) is 68.0 Å². The van der Waals surface area contributed by atoms with Gasteiger partial charge in [0.15, 0.2) is 0 Å². The van der Waals surface area contributed by atoms with Gasteiger partial charge in [-0.15, -0.1) is 0 Å². The van der Waals surface area contributed by atoms with Gasteiger partial charge >= 0.3 is 0 Å². The lowest BCUT2D eigenvalue weighted by Crippen LogP contribution is -2.54. The molecule has 0 aliphatic heterocycles. The van der Waals surface area contributed by atoms with Gasteiger partial charge in [-0.1, -0.05) is 86.0 Å². The number of amides is 2. The maximum atomic E-state index is 14.2. The lowest BCUT2D eigenvalue weighted by molar-refractivity contribution is -0.139. The summed E-state index contributed by atoms with van der Waals surface area (Å²) in [5.41, 5.74) is 2.00. The van der Waals surface area contributed by atoms with Crippen molar-refractivity contribution in [3.63, 3.8) is 0 Å². The first kappa shape index (κ1) is 30.6. The first-order valence-corrected chi connectivity index (χ1v) is 16.0. The number of carbonyl (C=O) groups excluding carboxylic acids is 2. The fourth-order valence-corrected chi connectivity index (χ4v) is 7.01. The van der Waals surface area contributed by atoms with Crippen LogP contribution in [0.4, 0.5) is 5.69 Å². The molecule has 0 saturated heterocycles. The molecule has 1 atom stereocenters. The highest BCUT2D eigenvalue weighted by Crippen LogP contribution is 2.30. The topological polar surface area (TPSA) is 86.8 Å². The third-order valence-electron chi connectivity index (χ3n) is 7.62. The highest BCUT2D eigenvalue weighted by Gasteiger charge is 2.34. The van der Waals surface area contributed by atoms with Gasteiger partial charge in [0.05, 0.1) is 10.6 Å². The second kappa shape index (κ2) is 14.0. The second-order valence-electron chi connectivity index (χ2n) is 10.5. The Morgan fingerprint density at radius 2 is 1.61 bits per heavy atom. The van der Waals surface area contributed by atoms with E-state index in [0.29, 0.717) is 29.1 Å². The third kappa shape index (κ3) is 7.68. The van der Waals surface area contributed by atoms with Crippen LogP contribution in [0.15, 0.2) is 83.8 Å². The van der Waals surface area contributed by atoms with Crippen molar-refractivity contribution >= 4 is 39.1 Å². The largest absolute Gasteiger partial charge is 0.352 e. The van der Waals surface area contributed by atoms with Crippen LogP contribution in [0.5, 0.6) is 0 Å². The molecule has 1 aliphatic carbocycles. The smallest absolute Gasteiger partial charge is 0.264 e. The molecule has 0 spiro atoms. The summed E-state index contributed by atoms with van der Waals surface area (Å²) in [7, 11) is -4.13. The molecule has 218 valence electrons. The first-order valence-electron chi connectivity index (χ1n) is 14.2. The fraction of sp³-hybridized carbons (Fsp3) is 0.375. The molecule has 1 saturated carbocycles. The maximum absolute atomic E-state index is 14.2. The predicted molar refractivity (Wildman–Crippen MR) is 163 cm³/mol. The first-order chi connectivity index (χ1) is 19.7. The molecule has 3 aromatic carbocycles. The molecule has 4 rings (SSSR count). The van der Waals surface area contributed by atoms with E-state index in [1.54, 1.807) is 48.2 Å². The summed E-state index contributed by atoms with van der Waals surface area (Å²) in [6.45, 7) is 3.45. The molecule has 0 heterocycles. The number of anilines is 1. The van der Waals surface area contributed by atoms with E-state index in [1.165, 1.54) is 12.1 Å². The number of hydrogen-bond acceptors (Lipinski definition) is 4. The molecular weight excluding hydrogens is 558 g/mol. The van der Waals surface area contributed by atoms with E-state index in [4.69, 9.17) is 11.6 Å². The number of hydrogen-bond donors (Lipinski definition) is 1. The molecule has 2 amide bonds. The Morgan fingerprint density at radius 1 is 0.976 bits per heavy atom. The summed E-state index contributed by atoms with van der Waals surface area (Å²) in [5, 5.41) is 3.50. The minimum Gasteiger partial charge on any atom is -0.352 e. The van der Waals surface area contributed by atoms with Crippen LogP contribution in [-0.2, 0) is 26.0 Å². The highest BCUT2D eigenvalue weighted by atomic mass is 35.5. The molecule has 0 bridgehead atoms. The van der Waals surface area contributed by atoms with Crippen LogP contribution in [0.25, 0.3) is 0 Å². The zero-order valence-corrected chi connectivity index (χ0v) is 25.2. The van der Waals surface area contributed by atoms with Crippen molar-refractivity contribution in [3.05, 3.63) is 95.0 Å². The standard InChI is InChI=1S/C32H38ClN3O4S/c1-3-29(32(38)34-27-14-10-11-15-27)35(21-20-25-12-6-4-7-13-25)31(37)23-36(30-22-26(33)19-18-24(30)2)41(39,40)28-16-8-5-9-17-28/h4-9,12-13,16-19,22,27,29H,3,10-11,14-15,20-21,23H2,1-2H3,(H,34,38)/t29-/m1/s1. The van der Waals surface area contributed by atoms with Crippen LogP contribution in [-0.4, -0.2) is 50.3 Å². The minimum atomic E-state index is -4.13. The number of carbonyl (C=O) groups is 2. The van der Waals surface area contributed by atoms with Gasteiger partial charge in [-0.3, -0.25) is 13.9 Å². The summed E-state index contributed by atoms with van der Waals surface area (Å²) >= 11 is 6.30. The Balaban J connectivity index is 1.69. The Kier molecular flexibility index (Phi) is 10.5. The van der Waals surface area contributed by atoms with Crippen molar-refractivity contribution in [1.82, 2.24) is 10.2 Å². The Bertz CT molecular complexity index is 1430. The van der Waals surface area contributed by atoms with E-state index >= 15 is 0 Å². The Labute approximate surface area is 248 Å². The SMILES string of the molecule is CC[C@H](C(=O)NC1CCCC1)N(CCc1ccccc1)C(=O)CN(c1cc(Cl)ccc1C)S(=O)(=O)c1ccccc1. The molecule has 0 aromatic heterocycles. The minimum absolute atomic E-state index is 0.0639. The summed E-state index contributed by atoms with van der Waals surface area (Å²) in [6, 6.07) is 22.1. The van der Waals surface area contributed by atoms with Gasteiger partial charge in [0.1, 0.15) is 12.6 Å². The molecular formula is C32H38ClN3O4S. The van der Waals surface area contributed by atoms with Crippen molar-refractivity contribution < 1.29 is 18.0 Å². The molecule has 1 fully saturated rings. The van der Waals surface area contributed by atoms with Crippen LogP contribution in [0, 0.1) is 6.92 Å². The van der Waals surface area contributed by atoms with Gasteiger partial charge in [0.25, 0.3) is 10.0 Å². The monoisotopic (exact) mass is 595 g/mol.